The second-order valence-corrected chi connectivity index (χ2v) is 6.89. The van der Waals surface area contributed by atoms with Crippen LogP contribution in [0.5, 0.6) is 0 Å². The zero-order chi connectivity index (χ0) is 15.7. The van der Waals surface area contributed by atoms with Crippen LogP contribution in [-0.2, 0) is 16.8 Å². The molecule has 1 aromatic carbocycles. The lowest BCUT2D eigenvalue weighted by Crippen LogP contribution is -2.30. The van der Waals surface area contributed by atoms with Crippen molar-refractivity contribution in [3.63, 3.8) is 0 Å². The molecular formula is C19H25N3O. The van der Waals surface area contributed by atoms with Crippen molar-refractivity contribution in [3.8, 4) is 0 Å². The summed E-state index contributed by atoms with van der Waals surface area (Å²) in [5.74, 6) is 0. The van der Waals surface area contributed by atoms with Gasteiger partial charge in [-0.15, -0.1) is 0 Å². The third-order valence-corrected chi connectivity index (χ3v) is 5.14. The second kappa shape index (κ2) is 6.10. The Hall–Kier alpha value is -1.65. The number of ether oxygens (including phenoxy) is 1. The molecule has 2 heterocycles. The van der Waals surface area contributed by atoms with Crippen LogP contribution in [-0.4, -0.2) is 16.4 Å². The predicted octanol–water partition coefficient (Wildman–Crippen LogP) is 3.67. The zero-order valence-corrected chi connectivity index (χ0v) is 13.8. The topological polar surface area (TPSA) is 39.1 Å². The molecule has 1 saturated carbocycles. The first-order valence-electron chi connectivity index (χ1n) is 8.73. The fourth-order valence-electron chi connectivity index (χ4n) is 3.48. The summed E-state index contributed by atoms with van der Waals surface area (Å²) in [5, 5.41) is 8.27. The third-order valence-electron chi connectivity index (χ3n) is 5.14. The van der Waals surface area contributed by atoms with Crippen LogP contribution in [0.15, 0.2) is 36.5 Å². The van der Waals surface area contributed by atoms with Crippen LogP contribution in [0.1, 0.15) is 55.2 Å². The molecule has 4 heteroatoms. The molecule has 1 aliphatic carbocycles. The summed E-state index contributed by atoms with van der Waals surface area (Å²) in [6.45, 7) is 3.83. The molecule has 2 aromatic rings. The van der Waals surface area contributed by atoms with Crippen LogP contribution < -0.4 is 5.32 Å². The molecular weight excluding hydrogens is 286 g/mol. The second-order valence-electron chi connectivity index (χ2n) is 6.89. The highest BCUT2D eigenvalue weighted by molar-refractivity contribution is 5.32. The first-order chi connectivity index (χ1) is 11.3. The lowest BCUT2D eigenvalue weighted by molar-refractivity contribution is -0.0413. The Kier molecular flexibility index (Phi) is 3.95. The van der Waals surface area contributed by atoms with Crippen LogP contribution in [0, 0.1) is 6.92 Å². The average Bonchev–Trinajstić information content (AvgIpc) is 3.23. The zero-order valence-electron chi connectivity index (χ0n) is 13.8. The largest absolute Gasteiger partial charge is 0.357 e. The number of nitrogens with zero attached hydrogens (tertiary/aromatic N) is 2. The molecule has 1 N–H and O–H groups in total. The number of aromatic nitrogens is 2. The molecule has 0 amide bonds. The molecule has 1 saturated heterocycles. The quantitative estimate of drug-likeness (QED) is 0.915. The highest BCUT2D eigenvalue weighted by atomic mass is 16.5. The summed E-state index contributed by atoms with van der Waals surface area (Å²) in [7, 11) is 0. The van der Waals surface area contributed by atoms with Gasteiger partial charge >= 0.3 is 0 Å². The highest BCUT2D eigenvalue weighted by Crippen LogP contribution is 2.45. The van der Waals surface area contributed by atoms with E-state index in [0.717, 1.165) is 19.6 Å². The minimum absolute atomic E-state index is 0.116. The summed E-state index contributed by atoms with van der Waals surface area (Å²) >= 11 is 0. The normalized spacial score (nSPS) is 22.9. The van der Waals surface area contributed by atoms with Crippen molar-refractivity contribution in [1.29, 1.82) is 0 Å². The van der Waals surface area contributed by atoms with Gasteiger partial charge in [0.1, 0.15) is 0 Å². The van der Waals surface area contributed by atoms with Gasteiger partial charge in [-0.1, -0.05) is 29.8 Å². The van der Waals surface area contributed by atoms with Crippen molar-refractivity contribution in [2.75, 3.05) is 6.61 Å². The number of hydrogen-bond donors (Lipinski definition) is 1. The van der Waals surface area contributed by atoms with E-state index in [9.17, 15) is 0 Å². The van der Waals surface area contributed by atoms with E-state index in [1.54, 1.807) is 0 Å². The van der Waals surface area contributed by atoms with Gasteiger partial charge < -0.3 is 10.1 Å². The Bertz CT molecular complexity index is 652. The van der Waals surface area contributed by atoms with Gasteiger partial charge in [-0.3, -0.25) is 0 Å². The standard InChI is InChI=1S/C19H25N3O/c1-15-5-7-16(8-6-15)19(10-11-19)20-14-17-9-12-21-22(17)18-4-2-3-13-23-18/h5-9,12,18,20H,2-4,10-11,13-14H2,1H3. The van der Waals surface area contributed by atoms with Gasteiger partial charge in [0.25, 0.3) is 0 Å². The van der Waals surface area contributed by atoms with Gasteiger partial charge in [0, 0.05) is 24.9 Å². The SMILES string of the molecule is Cc1ccc(C2(NCc3ccnn3C3CCCCO3)CC2)cc1. The Labute approximate surface area is 137 Å². The van der Waals surface area contributed by atoms with E-state index in [1.807, 2.05) is 6.20 Å². The van der Waals surface area contributed by atoms with Crippen molar-refractivity contribution in [1.82, 2.24) is 15.1 Å². The molecule has 1 atom stereocenters. The molecule has 1 aliphatic heterocycles. The van der Waals surface area contributed by atoms with Crippen LogP contribution in [0.3, 0.4) is 0 Å². The number of rotatable bonds is 5. The Morgan fingerprint density at radius 3 is 2.74 bits per heavy atom. The predicted molar refractivity (Wildman–Crippen MR) is 90.0 cm³/mol. The van der Waals surface area contributed by atoms with Gasteiger partial charge in [0.2, 0.25) is 0 Å². The minimum Gasteiger partial charge on any atom is -0.357 e. The van der Waals surface area contributed by atoms with E-state index in [2.05, 4.69) is 52.4 Å². The third kappa shape index (κ3) is 3.06. The molecule has 0 spiro atoms. The number of benzene rings is 1. The van der Waals surface area contributed by atoms with E-state index in [0.29, 0.717) is 0 Å². The van der Waals surface area contributed by atoms with Crippen molar-refractivity contribution in [2.24, 2.45) is 0 Å². The van der Waals surface area contributed by atoms with E-state index >= 15 is 0 Å². The van der Waals surface area contributed by atoms with Crippen LogP contribution in [0.2, 0.25) is 0 Å². The Morgan fingerprint density at radius 1 is 1.22 bits per heavy atom. The van der Waals surface area contributed by atoms with Gasteiger partial charge in [0.15, 0.2) is 6.23 Å². The summed E-state index contributed by atoms with van der Waals surface area (Å²) in [4.78, 5) is 0. The van der Waals surface area contributed by atoms with E-state index < -0.39 is 0 Å². The van der Waals surface area contributed by atoms with Crippen molar-refractivity contribution in [3.05, 3.63) is 53.3 Å². The number of hydrogen-bond acceptors (Lipinski definition) is 3. The first-order valence-corrected chi connectivity index (χ1v) is 8.73. The molecule has 23 heavy (non-hydrogen) atoms. The van der Waals surface area contributed by atoms with Crippen LogP contribution in [0.25, 0.3) is 0 Å². The van der Waals surface area contributed by atoms with E-state index in [1.165, 1.54) is 42.5 Å². The van der Waals surface area contributed by atoms with E-state index in [4.69, 9.17) is 4.74 Å². The van der Waals surface area contributed by atoms with Crippen LogP contribution >= 0.6 is 0 Å². The minimum atomic E-state index is 0.116. The average molecular weight is 311 g/mol. The number of nitrogens with one attached hydrogen (secondary N) is 1. The number of aryl methyl sites for hydroxylation is 1. The Morgan fingerprint density at radius 2 is 2.04 bits per heavy atom. The fraction of sp³-hybridized carbons (Fsp3) is 0.526. The maximum atomic E-state index is 5.88. The lowest BCUT2D eigenvalue weighted by atomic mass is 10.0. The smallest absolute Gasteiger partial charge is 0.150 e. The van der Waals surface area contributed by atoms with Crippen LogP contribution in [0.4, 0.5) is 0 Å². The molecule has 4 nitrogen and oxygen atoms in total. The summed E-state index contributed by atoms with van der Waals surface area (Å²) in [6.07, 6.45) is 7.89. The van der Waals surface area contributed by atoms with Gasteiger partial charge in [0.05, 0.1) is 5.69 Å². The molecule has 2 fully saturated rings. The molecule has 4 rings (SSSR count). The molecule has 0 radical (unpaired) electrons. The van der Waals surface area contributed by atoms with Gasteiger partial charge in [-0.25, -0.2) is 4.68 Å². The monoisotopic (exact) mass is 311 g/mol. The van der Waals surface area contributed by atoms with Crippen molar-refractivity contribution in [2.45, 2.75) is 57.3 Å². The van der Waals surface area contributed by atoms with E-state index in [-0.39, 0.29) is 11.8 Å². The lowest BCUT2D eigenvalue weighted by Gasteiger charge is -2.25. The first kappa shape index (κ1) is 14.9. The summed E-state index contributed by atoms with van der Waals surface area (Å²) in [6, 6.07) is 11.0. The van der Waals surface area contributed by atoms with Crippen molar-refractivity contribution >= 4 is 0 Å². The maximum Gasteiger partial charge on any atom is 0.150 e. The van der Waals surface area contributed by atoms with Crippen molar-refractivity contribution < 1.29 is 4.74 Å². The summed E-state index contributed by atoms with van der Waals surface area (Å²) < 4.78 is 7.95. The molecule has 1 aromatic heterocycles. The molecule has 1 unspecified atom stereocenters. The molecule has 0 bridgehead atoms. The Balaban J connectivity index is 1.45. The fourth-order valence-corrected chi connectivity index (χ4v) is 3.48. The van der Waals surface area contributed by atoms with Gasteiger partial charge in [-0.05, 0) is 50.7 Å². The molecule has 122 valence electrons. The molecule has 2 aliphatic rings. The van der Waals surface area contributed by atoms with Gasteiger partial charge in [-0.2, -0.15) is 5.10 Å². The maximum absolute atomic E-state index is 5.88. The highest BCUT2D eigenvalue weighted by Gasteiger charge is 2.43. The summed E-state index contributed by atoms with van der Waals surface area (Å²) in [5.41, 5.74) is 4.10.